The molecule has 188 valence electrons. The third-order valence-electron chi connectivity index (χ3n) is 7.48. The van der Waals surface area contributed by atoms with E-state index in [1.807, 2.05) is 0 Å². The van der Waals surface area contributed by atoms with Crippen molar-refractivity contribution in [1.29, 1.82) is 0 Å². The van der Waals surface area contributed by atoms with Crippen molar-refractivity contribution in [3.8, 4) is 5.75 Å². The van der Waals surface area contributed by atoms with E-state index in [4.69, 9.17) is 14.7 Å². The summed E-state index contributed by atoms with van der Waals surface area (Å²) >= 11 is 1.69. The summed E-state index contributed by atoms with van der Waals surface area (Å²) in [5, 5.41) is 10.5. The van der Waals surface area contributed by atoms with Crippen molar-refractivity contribution in [3.05, 3.63) is 29.1 Å². The Bertz CT molecular complexity index is 1190. The Kier molecular flexibility index (Phi) is 6.53. The fourth-order valence-electron chi connectivity index (χ4n) is 4.90. The van der Waals surface area contributed by atoms with Crippen LogP contribution in [0.1, 0.15) is 57.9 Å². The molecule has 0 amide bonds. The first-order valence-electron chi connectivity index (χ1n) is 12.7. The van der Waals surface area contributed by atoms with Crippen LogP contribution in [-0.2, 0) is 0 Å². The summed E-state index contributed by atoms with van der Waals surface area (Å²) in [6.07, 6.45) is 4.68. The van der Waals surface area contributed by atoms with Gasteiger partial charge in [0.1, 0.15) is 16.4 Å². The van der Waals surface area contributed by atoms with Crippen LogP contribution >= 0.6 is 11.3 Å². The number of thiophene rings is 1. The van der Waals surface area contributed by atoms with Gasteiger partial charge in [-0.1, -0.05) is 13.8 Å². The van der Waals surface area contributed by atoms with Crippen LogP contribution in [0.5, 0.6) is 5.75 Å². The number of rotatable bonds is 8. The summed E-state index contributed by atoms with van der Waals surface area (Å²) in [7, 11) is 6.09. The molecule has 35 heavy (non-hydrogen) atoms. The summed E-state index contributed by atoms with van der Waals surface area (Å²) < 4.78 is 5.81. The van der Waals surface area contributed by atoms with Gasteiger partial charge in [0, 0.05) is 36.4 Å². The Morgan fingerprint density at radius 1 is 1.17 bits per heavy atom. The number of piperidine rings is 1. The van der Waals surface area contributed by atoms with Gasteiger partial charge in [0.15, 0.2) is 0 Å². The largest absolute Gasteiger partial charge is 0.495 e. The van der Waals surface area contributed by atoms with Gasteiger partial charge in [-0.15, -0.1) is 11.3 Å². The molecule has 1 saturated carbocycles. The summed E-state index contributed by atoms with van der Waals surface area (Å²) in [5.41, 5.74) is 3.53. The van der Waals surface area contributed by atoms with Crippen LogP contribution in [0.25, 0.3) is 10.2 Å². The van der Waals surface area contributed by atoms with E-state index in [1.165, 1.54) is 18.4 Å². The van der Waals surface area contributed by atoms with Gasteiger partial charge in [-0.3, -0.25) is 0 Å². The first-order valence-corrected chi connectivity index (χ1v) is 13.6. The zero-order valence-electron chi connectivity index (χ0n) is 21.8. The summed E-state index contributed by atoms with van der Waals surface area (Å²) in [5.74, 6) is 2.86. The number of aromatic nitrogens is 2. The van der Waals surface area contributed by atoms with Gasteiger partial charge in [0.2, 0.25) is 5.95 Å². The van der Waals surface area contributed by atoms with Gasteiger partial charge in [-0.05, 0) is 75.7 Å². The molecular weight excluding hydrogens is 456 g/mol. The minimum Gasteiger partial charge on any atom is -0.495 e. The second-order valence-corrected chi connectivity index (χ2v) is 11.7. The molecule has 1 aromatic carbocycles. The average Bonchev–Trinajstić information content (AvgIpc) is 3.39. The lowest BCUT2D eigenvalue weighted by molar-refractivity contribution is 0.249. The number of hydrogen-bond acceptors (Lipinski definition) is 8. The lowest BCUT2D eigenvalue weighted by Gasteiger charge is -2.37. The molecule has 0 bridgehead atoms. The molecule has 1 saturated heterocycles. The Morgan fingerprint density at radius 2 is 1.91 bits per heavy atom. The third-order valence-corrected chi connectivity index (χ3v) is 8.37. The van der Waals surface area contributed by atoms with Crippen molar-refractivity contribution in [2.75, 3.05) is 49.8 Å². The van der Waals surface area contributed by atoms with Gasteiger partial charge < -0.3 is 25.2 Å². The first kappa shape index (κ1) is 24.1. The van der Waals surface area contributed by atoms with E-state index >= 15 is 0 Å². The van der Waals surface area contributed by atoms with E-state index in [0.29, 0.717) is 17.9 Å². The maximum Gasteiger partial charge on any atom is 0.230 e. The molecule has 2 aliphatic rings. The highest BCUT2D eigenvalue weighted by Gasteiger charge is 2.38. The van der Waals surface area contributed by atoms with Crippen LogP contribution < -0.4 is 20.3 Å². The number of fused-ring (bicyclic) bond motifs is 1. The number of nitrogens with one attached hydrogen (secondary N) is 2. The molecule has 8 heteroatoms. The molecule has 2 aromatic heterocycles. The quantitative estimate of drug-likeness (QED) is 0.394. The van der Waals surface area contributed by atoms with Crippen LogP contribution in [0.3, 0.4) is 0 Å². The van der Waals surface area contributed by atoms with Crippen LogP contribution in [0.2, 0.25) is 0 Å². The summed E-state index contributed by atoms with van der Waals surface area (Å²) in [6.45, 7) is 8.80. The number of methoxy groups -OCH3 is 1. The second-order valence-electron chi connectivity index (χ2n) is 10.8. The van der Waals surface area contributed by atoms with Gasteiger partial charge in [-0.2, -0.15) is 4.98 Å². The molecule has 0 atom stereocenters. The third kappa shape index (κ3) is 5.05. The Morgan fingerprint density at radius 3 is 2.54 bits per heavy atom. The molecule has 3 aromatic rings. The maximum atomic E-state index is 5.81. The number of benzene rings is 1. The topological polar surface area (TPSA) is 65.5 Å². The second kappa shape index (κ2) is 9.47. The highest BCUT2D eigenvalue weighted by molar-refractivity contribution is 7.17. The highest BCUT2D eigenvalue weighted by Crippen LogP contribution is 2.42. The van der Waals surface area contributed by atoms with Crippen LogP contribution in [0.15, 0.2) is 23.6 Å². The SMILES string of the molecule is COc1cc(Nc2nc(NC3(C)CC3)c3c(C(C)C)csc3n2)ccc1N1CCC(N(C)C)CC1. The molecule has 0 spiro atoms. The fraction of sp³-hybridized carbons (Fsp3) is 0.556. The van der Waals surface area contributed by atoms with Crippen molar-refractivity contribution in [2.24, 2.45) is 0 Å². The van der Waals surface area contributed by atoms with Gasteiger partial charge in [0.25, 0.3) is 0 Å². The van der Waals surface area contributed by atoms with Crippen molar-refractivity contribution in [2.45, 2.75) is 64.0 Å². The molecule has 1 aliphatic heterocycles. The van der Waals surface area contributed by atoms with Crippen molar-refractivity contribution in [3.63, 3.8) is 0 Å². The zero-order chi connectivity index (χ0) is 24.7. The maximum absolute atomic E-state index is 5.81. The first-order chi connectivity index (χ1) is 16.8. The molecule has 0 radical (unpaired) electrons. The van der Waals surface area contributed by atoms with E-state index in [-0.39, 0.29) is 5.54 Å². The lowest BCUT2D eigenvalue weighted by Crippen LogP contribution is -2.42. The number of ether oxygens (including phenoxy) is 1. The van der Waals surface area contributed by atoms with Crippen molar-refractivity contribution in [1.82, 2.24) is 14.9 Å². The lowest BCUT2D eigenvalue weighted by atomic mass is 10.0. The van der Waals surface area contributed by atoms with Crippen LogP contribution in [-0.4, -0.2) is 60.7 Å². The molecule has 0 unspecified atom stereocenters. The molecular formula is C27H38N6OS. The smallest absolute Gasteiger partial charge is 0.230 e. The average molecular weight is 495 g/mol. The van der Waals surface area contributed by atoms with E-state index in [2.05, 4.69) is 78.9 Å². The Balaban J connectivity index is 1.41. The number of nitrogens with zero attached hydrogens (tertiary/aromatic N) is 4. The van der Waals surface area contributed by atoms with Crippen LogP contribution in [0.4, 0.5) is 23.1 Å². The standard InChI is InChI=1S/C27H38N6OS/c1-17(2)20-16-35-25-23(20)24(31-27(3)11-12-27)29-26(30-25)28-18-7-8-21(22(15-18)34-6)33-13-9-19(10-14-33)32(4)5/h7-8,15-17,19H,9-14H2,1-6H3,(H2,28,29,30,31). The predicted octanol–water partition coefficient (Wildman–Crippen LogP) is 6.06. The van der Waals surface area contributed by atoms with Gasteiger partial charge >= 0.3 is 0 Å². The molecule has 3 heterocycles. The van der Waals surface area contributed by atoms with Gasteiger partial charge in [-0.25, -0.2) is 4.98 Å². The predicted molar refractivity (Wildman–Crippen MR) is 148 cm³/mol. The molecule has 2 N–H and O–H groups in total. The zero-order valence-corrected chi connectivity index (χ0v) is 22.6. The minimum atomic E-state index is 0.139. The minimum absolute atomic E-state index is 0.139. The van der Waals surface area contributed by atoms with Crippen LogP contribution in [0, 0.1) is 0 Å². The number of hydrogen-bond donors (Lipinski definition) is 2. The van der Waals surface area contributed by atoms with E-state index < -0.39 is 0 Å². The normalized spacial score (nSPS) is 17.9. The number of anilines is 4. The van der Waals surface area contributed by atoms with Crippen molar-refractivity contribution >= 4 is 44.7 Å². The molecule has 7 nitrogen and oxygen atoms in total. The monoisotopic (exact) mass is 494 g/mol. The van der Waals surface area contributed by atoms with Crippen molar-refractivity contribution < 1.29 is 4.74 Å². The van der Waals surface area contributed by atoms with E-state index in [1.54, 1.807) is 18.4 Å². The van der Waals surface area contributed by atoms with E-state index in [0.717, 1.165) is 59.1 Å². The summed E-state index contributed by atoms with van der Waals surface area (Å²) in [4.78, 5) is 15.6. The fourth-order valence-corrected chi connectivity index (χ4v) is 6.00. The molecule has 2 fully saturated rings. The van der Waals surface area contributed by atoms with Gasteiger partial charge in [0.05, 0.1) is 18.2 Å². The molecule has 5 rings (SSSR count). The molecule has 1 aliphatic carbocycles. The summed E-state index contributed by atoms with van der Waals surface area (Å²) in [6, 6.07) is 6.97. The highest BCUT2D eigenvalue weighted by atomic mass is 32.1. The Hall–Kier alpha value is -2.58. The van der Waals surface area contributed by atoms with E-state index in [9.17, 15) is 0 Å². The Labute approximate surface area is 212 Å².